The van der Waals surface area contributed by atoms with Gasteiger partial charge in [-0.3, -0.25) is 4.79 Å². The maximum Gasteiger partial charge on any atom is 0.254 e. The van der Waals surface area contributed by atoms with E-state index in [2.05, 4.69) is 6.92 Å². The van der Waals surface area contributed by atoms with Crippen molar-refractivity contribution in [2.75, 3.05) is 26.2 Å². The number of rotatable bonds is 4. The van der Waals surface area contributed by atoms with Crippen LogP contribution in [-0.4, -0.2) is 55.8 Å². The number of likely N-dealkylation sites (tertiary alicyclic amines) is 1. The SMILES string of the molecule is Cc1ccc(S(=O)(=O)N2CCCCC2)cc1C(=O)N1CCC(C)CC1CN. The largest absolute Gasteiger partial charge is 0.334 e. The van der Waals surface area contributed by atoms with E-state index in [0.717, 1.165) is 37.7 Å². The Hall–Kier alpha value is -1.44. The third-order valence-corrected chi connectivity index (χ3v) is 7.80. The smallest absolute Gasteiger partial charge is 0.254 e. The van der Waals surface area contributed by atoms with E-state index in [0.29, 0.717) is 37.7 Å². The third-order valence-electron chi connectivity index (χ3n) is 5.90. The van der Waals surface area contributed by atoms with Crippen LogP contribution in [0, 0.1) is 12.8 Å². The van der Waals surface area contributed by atoms with Gasteiger partial charge in [-0.15, -0.1) is 0 Å². The first-order chi connectivity index (χ1) is 12.8. The zero-order chi connectivity index (χ0) is 19.6. The topological polar surface area (TPSA) is 83.7 Å². The Morgan fingerprint density at radius 3 is 2.56 bits per heavy atom. The van der Waals surface area contributed by atoms with Gasteiger partial charge in [0.1, 0.15) is 0 Å². The van der Waals surface area contributed by atoms with Crippen LogP contribution in [0.25, 0.3) is 0 Å². The lowest BCUT2D eigenvalue weighted by molar-refractivity contribution is 0.0572. The number of piperidine rings is 2. The van der Waals surface area contributed by atoms with E-state index < -0.39 is 10.0 Å². The molecule has 0 saturated carbocycles. The number of hydrogen-bond donors (Lipinski definition) is 1. The van der Waals surface area contributed by atoms with Crippen LogP contribution in [0.5, 0.6) is 0 Å². The van der Waals surface area contributed by atoms with Crippen LogP contribution in [0.2, 0.25) is 0 Å². The average Bonchev–Trinajstić information content (AvgIpc) is 2.68. The van der Waals surface area contributed by atoms with E-state index in [9.17, 15) is 13.2 Å². The van der Waals surface area contributed by atoms with Crippen molar-refractivity contribution in [2.45, 2.75) is 56.9 Å². The summed E-state index contributed by atoms with van der Waals surface area (Å²) >= 11 is 0. The maximum atomic E-state index is 13.2. The van der Waals surface area contributed by atoms with Gasteiger partial charge in [0.15, 0.2) is 0 Å². The minimum Gasteiger partial charge on any atom is -0.334 e. The molecular weight excluding hydrogens is 362 g/mol. The van der Waals surface area contributed by atoms with Crippen molar-refractivity contribution in [2.24, 2.45) is 11.7 Å². The average molecular weight is 394 g/mol. The second-order valence-electron chi connectivity index (χ2n) is 7.96. The summed E-state index contributed by atoms with van der Waals surface area (Å²) in [5, 5.41) is 0. The van der Waals surface area contributed by atoms with Crippen molar-refractivity contribution in [1.29, 1.82) is 0 Å². The number of aryl methyl sites for hydroxylation is 1. The molecule has 0 aliphatic carbocycles. The molecule has 2 atom stereocenters. The van der Waals surface area contributed by atoms with Crippen molar-refractivity contribution in [3.8, 4) is 0 Å². The van der Waals surface area contributed by atoms with Crippen LogP contribution in [-0.2, 0) is 10.0 Å². The number of nitrogens with zero attached hydrogens (tertiary/aromatic N) is 2. The van der Waals surface area contributed by atoms with Crippen LogP contribution >= 0.6 is 0 Å². The van der Waals surface area contributed by atoms with Gasteiger partial charge in [-0.05, 0) is 56.2 Å². The monoisotopic (exact) mass is 393 g/mol. The van der Waals surface area contributed by atoms with Gasteiger partial charge in [-0.2, -0.15) is 4.31 Å². The lowest BCUT2D eigenvalue weighted by Crippen LogP contribution is -2.49. The molecule has 2 aliphatic heterocycles. The highest BCUT2D eigenvalue weighted by atomic mass is 32.2. The molecule has 2 fully saturated rings. The Balaban J connectivity index is 1.90. The molecule has 2 heterocycles. The zero-order valence-electron chi connectivity index (χ0n) is 16.4. The van der Waals surface area contributed by atoms with Gasteiger partial charge < -0.3 is 10.6 Å². The summed E-state index contributed by atoms with van der Waals surface area (Å²) < 4.78 is 27.5. The van der Waals surface area contributed by atoms with Crippen LogP contribution in [0.1, 0.15) is 54.9 Å². The summed E-state index contributed by atoms with van der Waals surface area (Å²) in [6.07, 6.45) is 4.69. The Bertz CT molecular complexity index is 788. The summed E-state index contributed by atoms with van der Waals surface area (Å²) in [6, 6.07) is 4.94. The zero-order valence-corrected chi connectivity index (χ0v) is 17.2. The number of benzene rings is 1. The molecule has 2 aliphatic rings. The van der Waals surface area contributed by atoms with Crippen molar-refractivity contribution >= 4 is 15.9 Å². The van der Waals surface area contributed by atoms with Crippen molar-refractivity contribution < 1.29 is 13.2 Å². The van der Waals surface area contributed by atoms with Gasteiger partial charge in [-0.1, -0.05) is 19.4 Å². The number of carbonyl (C=O) groups is 1. The Morgan fingerprint density at radius 2 is 1.89 bits per heavy atom. The summed E-state index contributed by atoms with van der Waals surface area (Å²) in [5.41, 5.74) is 7.18. The standard InChI is InChI=1S/C20H31N3O3S/c1-15-8-11-23(17(12-15)14-21)20(24)19-13-18(7-6-16(19)2)27(25,26)22-9-4-3-5-10-22/h6-7,13,15,17H,3-5,8-12,14,21H2,1-2H3. The highest BCUT2D eigenvalue weighted by Gasteiger charge is 2.32. The molecule has 2 N–H and O–H groups in total. The van der Waals surface area contributed by atoms with Crippen molar-refractivity contribution in [1.82, 2.24) is 9.21 Å². The molecule has 1 aromatic carbocycles. The first kappa shape index (κ1) is 20.3. The molecule has 2 unspecified atom stereocenters. The molecule has 3 rings (SSSR count). The second-order valence-corrected chi connectivity index (χ2v) is 9.90. The molecule has 0 aromatic heterocycles. The van der Waals surface area contributed by atoms with Gasteiger partial charge >= 0.3 is 0 Å². The quantitative estimate of drug-likeness (QED) is 0.851. The van der Waals surface area contributed by atoms with Gasteiger partial charge in [-0.25, -0.2) is 8.42 Å². The number of amides is 1. The molecule has 2 saturated heterocycles. The molecule has 1 amide bonds. The number of nitrogens with two attached hydrogens (primary N) is 1. The first-order valence-corrected chi connectivity index (χ1v) is 11.4. The molecular formula is C20H31N3O3S. The van der Waals surface area contributed by atoms with E-state index in [4.69, 9.17) is 5.73 Å². The molecule has 1 aromatic rings. The van der Waals surface area contributed by atoms with Crippen LogP contribution in [0.3, 0.4) is 0 Å². The molecule has 27 heavy (non-hydrogen) atoms. The summed E-state index contributed by atoms with van der Waals surface area (Å²) in [7, 11) is -3.56. The summed E-state index contributed by atoms with van der Waals surface area (Å²) in [4.78, 5) is 15.3. The molecule has 0 radical (unpaired) electrons. The van der Waals surface area contributed by atoms with Crippen molar-refractivity contribution in [3.05, 3.63) is 29.3 Å². The van der Waals surface area contributed by atoms with Gasteiger partial charge in [0.25, 0.3) is 5.91 Å². The van der Waals surface area contributed by atoms with E-state index in [-0.39, 0.29) is 16.8 Å². The Kier molecular flexibility index (Phi) is 6.23. The molecule has 0 spiro atoms. The highest BCUT2D eigenvalue weighted by Crippen LogP contribution is 2.27. The van der Waals surface area contributed by atoms with Crippen LogP contribution in [0.15, 0.2) is 23.1 Å². The number of hydrogen-bond acceptors (Lipinski definition) is 4. The van der Waals surface area contributed by atoms with E-state index in [1.807, 2.05) is 11.8 Å². The molecule has 150 valence electrons. The molecule has 0 bridgehead atoms. The Labute approximate surface area is 162 Å². The number of sulfonamides is 1. The van der Waals surface area contributed by atoms with Crippen molar-refractivity contribution in [3.63, 3.8) is 0 Å². The van der Waals surface area contributed by atoms with E-state index in [1.165, 1.54) is 0 Å². The van der Waals surface area contributed by atoms with Gasteiger partial charge in [0.2, 0.25) is 10.0 Å². The minimum absolute atomic E-state index is 0.0167. The fourth-order valence-corrected chi connectivity index (χ4v) is 5.69. The molecule has 7 heteroatoms. The minimum atomic E-state index is -3.56. The lowest BCUT2D eigenvalue weighted by atomic mass is 9.91. The summed E-state index contributed by atoms with van der Waals surface area (Å²) in [6.45, 7) is 6.25. The fraction of sp³-hybridized carbons (Fsp3) is 0.650. The first-order valence-electron chi connectivity index (χ1n) is 9.96. The molecule has 6 nitrogen and oxygen atoms in total. The van der Waals surface area contributed by atoms with Crippen LogP contribution in [0.4, 0.5) is 0 Å². The van der Waals surface area contributed by atoms with Crippen LogP contribution < -0.4 is 5.73 Å². The second kappa shape index (κ2) is 8.29. The predicted molar refractivity (Wildman–Crippen MR) is 106 cm³/mol. The van der Waals surface area contributed by atoms with E-state index in [1.54, 1.807) is 22.5 Å². The third kappa shape index (κ3) is 4.20. The highest BCUT2D eigenvalue weighted by molar-refractivity contribution is 7.89. The van der Waals surface area contributed by atoms with Gasteiger partial charge in [0.05, 0.1) is 4.90 Å². The normalized spacial score (nSPS) is 24.8. The van der Waals surface area contributed by atoms with Gasteiger partial charge in [0, 0.05) is 37.8 Å². The predicted octanol–water partition coefficient (Wildman–Crippen LogP) is 2.37. The lowest BCUT2D eigenvalue weighted by Gasteiger charge is -2.38. The number of carbonyl (C=O) groups excluding carboxylic acids is 1. The Morgan fingerprint density at radius 1 is 1.19 bits per heavy atom. The maximum absolute atomic E-state index is 13.2. The van der Waals surface area contributed by atoms with E-state index >= 15 is 0 Å². The summed E-state index contributed by atoms with van der Waals surface area (Å²) in [5.74, 6) is 0.444. The fourth-order valence-electron chi connectivity index (χ4n) is 4.14.